The maximum absolute atomic E-state index is 5.64. The summed E-state index contributed by atoms with van der Waals surface area (Å²) in [7, 11) is 3.87. The molecule has 0 N–H and O–H groups in total. The minimum atomic E-state index is 0.903. The Labute approximate surface area is 49.6 Å². The normalized spacial score (nSPS) is 8.57. The van der Waals surface area contributed by atoms with Gasteiger partial charge in [0.1, 0.15) is 14.1 Å². The van der Waals surface area contributed by atoms with E-state index in [0.717, 1.165) is 11.6 Å². The largest absolute Gasteiger partial charge is 0.244 e. The van der Waals surface area contributed by atoms with Gasteiger partial charge in [-0.25, -0.2) is 4.58 Å². The van der Waals surface area contributed by atoms with Gasteiger partial charge in [0.2, 0.25) is 5.17 Å². The molecule has 0 amide bonds. The van der Waals surface area contributed by atoms with Gasteiger partial charge in [-0.2, -0.15) is 0 Å². The molecule has 0 spiro atoms. The average molecular weight is 121 g/mol. The van der Waals surface area contributed by atoms with Crippen LogP contribution in [0.3, 0.4) is 0 Å². The summed E-state index contributed by atoms with van der Waals surface area (Å²) >= 11 is 5.64. The maximum Gasteiger partial charge on any atom is 0.244 e. The Morgan fingerprint density at radius 2 is 2.00 bits per heavy atom. The molecule has 0 bridgehead atoms. The van der Waals surface area contributed by atoms with E-state index in [-0.39, 0.29) is 0 Å². The molecule has 0 saturated carbocycles. The molecule has 0 radical (unpaired) electrons. The van der Waals surface area contributed by atoms with Gasteiger partial charge in [-0.3, -0.25) is 0 Å². The standard InChI is InChI=1S/C5H11ClN/c1-4-5(6)7(2)3/h4H2,1-3H3/q+1. The topological polar surface area (TPSA) is 3.01 Å². The van der Waals surface area contributed by atoms with E-state index in [1.54, 1.807) is 0 Å². The summed E-state index contributed by atoms with van der Waals surface area (Å²) < 4.78 is 1.90. The lowest BCUT2D eigenvalue weighted by Crippen LogP contribution is -2.04. The fourth-order valence-corrected chi connectivity index (χ4v) is 0.316. The monoisotopic (exact) mass is 120 g/mol. The Bertz CT molecular complexity index is 82.1. The zero-order valence-electron chi connectivity index (χ0n) is 5.03. The molecular formula is C5H11ClN+. The fraction of sp³-hybridized carbons (Fsp3) is 0.800. The lowest BCUT2D eigenvalue weighted by molar-refractivity contribution is -0.463. The summed E-state index contributed by atoms with van der Waals surface area (Å²) in [5.74, 6) is 0. The third kappa shape index (κ3) is 2.63. The Morgan fingerprint density at radius 1 is 1.57 bits per heavy atom. The van der Waals surface area contributed by atoms with Gasteiger partial charge in [0, 0.05) is 6.42 Å². The van der Waals surface area contributed by atoms with Crippen LogP contribution < -0.4 is 0 Å². The Balaban J connectivity index is 3.72. The molecule has 0 fully saturated rings. The molecule has 0 aromatic rings. The summed E-state index contributed by atoms with van der Waals surface area (Å²) in [6, 6.07) is 0. The van der Waals surface area contributed by atoms with E-state index in [4.69, 9.17) is 11.6 Å². The second-order valence-electron chi connectivity index (χ2n) is 1.62. The highest BCUT2D eigenvalue weighted by Gasteiger charge is 1.94. The number of nitrogens with zero attached hydrogens (tertiary/aromatic N) is 1. The Kier molecular flexibility index (Phi) is 3.01. The summed E-state index contributed by atoms with van der Waals surface area (Å²) in [5, 5.41) is 0.903. The lowest BCUT2D eigenvalue weighted by atomic mass is 10.5. The highest BCUT2D eigenvalue weighted by molar-refractivity contribution is 6.63. The van der Waals surface area contributed by atoms with Crippen molar-refractivity contribution in [2.75, 3.05) is 14.1 Å². The summed E-state index contributed by atoms with van der Waals surface area (Å²) in [6.45, 7) is 2.03. The van der Waals surface area contributed by atoms with Gasteiger partial charge < -0.3 is 0 Å². The van der Waals surface area contributed by atoms with Crippen LogP contribution in [0.1, 0.15) is 13.3 Å². The van der Waals surface area contributed by atoms with Crippen LogP contribution in [0.2, 0.25) is 0 Å². The second kappa shape index (κ2) is 3.03. The summed E-state index contributed by atoms with van der Waals surface area (Å²) in [5.41, 5.74) is 0. The summed E-state index contributed by atoms with van der Waals surface area (Å²) in [6.07, 6.45) is 0.925. The first-order valence-electron chi connectivity index (χ1n) is 2.37. The molecule has 2 heteroatoms. The van der Waals surface area contributed by atoms with Gasteiger partial charge >= 0.3 is 0 Å². The molecule has 0 aromatic carbocycles. The van der Waals surface area contributed by atoms with Gasteiger partial charge in [-0.15, -0.1) is 0 Å². The van der Waals surface area contributed by atoms with Crippen LogP contribution in [0.4, 0.5) is 0 Å². The van der Waals surface area contributed by atoms with Crippen LogP contribution in [0, 0.1) is 0 Å². The van der Waals surface area contributed by atoms with Crippen molar-refractivity contribution in [2.24, 2.45) is 0 Å². The quantitative estimate of drug-likeness (QED) is 0.363. The predicted molar refractivity (Wildman–Crippen MR) is 33.3 cm³/mol. The van der Waals surface area contributed by atoms with Crippen molar-refractivity contribution < 1.29 is 4.58 Å². The minimum absolute atomic E-state index is 0.903. The van der Waals surface area contributed by atoms with Gasteiger partial charge in [0.25, 0.3) is 0 Å². The van der Waals surface area contributed by atoms with Crippen molar-refractivity contribution >= 4 is 16.8 Å². The molecule has 0 unspecified atom stereocenters. The first kappa shape index (κ1) is 6.96. The van der Waals surface area contributed by atoms with Gasteiger partial charge in [-0.05, 0) is 11.6 Å². The third-order valence-electron chi connectivity index (χ3n) is 0.777. The Hall–Kier alpha value is -0.0400. The Morgan fingerprint density at radius 3 is 2.00 bits per heavy atom. The number of halogens is 1. The second-order valence-corrected chi connectivity index (χ2v) is 2.06. The number of hydrogen-bond donors (Lipinski definition) is 0. The highest BCUT2D eigenvalue weighted by atomic mass is 35.5. The molecule has 0 aliphatic rings. The van der Waals surface area contributed by atoms with Crippen molar-refractivity contribution in [3.8, 4) is 0 Å². The minimum Gasteiger partial charge on any atom is -0.229 e. The van der Waals surface area contributed by atoms with Gasteiger partial charge in [0.15, 0.2) is 0 Å². The number of rotatable bonds is 1. The van der Waals surface area contributed by atoms with E-state index in [1.807, 2.05) is 25.6 Å². The van der Waals surface area contributed by atoms with E-state index in [0.29, 0.717) is 0 Å². The van der Waals surface area contributed by atoms with Gasteiger partial charge in [0.05, 0.1) is 0 Å². The van der Waals surface area contributed by atoms with Crippen LogP contribution in [0.25, 0.3) is 0 Å². The van der Waals surface area contributed by atoms with E-state index in [1.165, 1.54) is 0 Å². The first-order chi connectivity index (χ1) is 3.18. The van der Waals surface area contributed by atoms with Crippen LogP contribution in [-0.4, -0.2) is 23.8 Å². The molecule has 0 atom stereocenters. The average Bonchev–Trinajstić information content (AvgIpc) is 1.65. The van der Waals surface area contributed by atoms with E-state index < -0.39 is 0 Å². The van der Waals surface area contributed by atoms with E-state index >= 15 is 0 Å². The smallest absolute Gasteiger partial charge is 0.229 e. The predicted octanol–water partition coefficient (Wildman–Crippen LogP) is 1.31. The van der Waals surface area contributed by atoms with E-state index in [9.17, 15) is 0 Å². The van der Waals surface area contributed by atoms with Crippen LogP contribution >= 0.6 is 11.6 Å². The van der Waals surface area contributed by atoms with Crippen molar-refractivity contribution in [2.45, 2.75) is 13.3 Å². The molecule has 42 valence electrons. The zero-order chi connectivity index (χ0) is 5.86. The van der Waals surface area contributed by atoms with Crippen molar-refractivity contribution in [1.82, 2.24) is 0 Å². The first-order valence-corrected chi connectivity index (χ1v) is 2.75. The fourth-order valence-electron chi connectivity index (χ4n) is 0.316. The molecule has 1 nitrogen and oxygen atoms in total. The van der Waals surface area contributed by atoms with Crippen LogP contribution in [0.15, 0.2) is 0 Å². The van der Waals surface area contributed by atoms with Crippen molar-refractivity contribution in [3.63, 3.8) is 0 Å². The van der Waals surface area contributed by atoms with Crippen molar-refractivity contribution in [1.29, 1.82) is 0 Å². The molecule has 0 rings (SSSR count). The molecule has 0 heterocycles. The number of hydrogen-bond acceptors (Lipinski definition) is 0. The SMILES string of the molecule is CCC(Cl)=[N+](C)C. The van der Waals surface area contributed by atoms with E-state index in [2.05, 4.69) is 0 Å². The van der Waals surface area contributed by atoms with Gasteiger partial charge in [-0.1, -0.05) is 6.92 Å². The molecule has 0 aliphatic carbocycles. The maximum atomic E-state index is 5.64. The van der Waals surface area contributed by atoms with Crippen LogP contribution in [-0.2, 0) is 0 Å². The molecule has 0 saturated heterocycles. The summed E-state index contributed by atoms with van der Waals surface area (Å²) in [4.78, 5) is 0. The zero-order valence-corrected chi connectivity index (χ0v) is 5.79. The highest BCUT2D eigenvalue weighted by Crippen LogP contribution is 1.86. The van der Waals surface area contributed by atoms with Crippen LogP contribution in [0.5, 0.6) is 0 Å². The molecule has 0 aromatic heterocycles. The molecule has 0 aliphatic heterocycles. The molecular weight excluding hydrogens is 110 g/mol. The third-order valence-corrected chi connectivity index (χ3v) is 1.38. The lowest BCUT2D eigenvalue weighted by Gasteiger charge is -1.85. The molecule has 7 heavy (non-hydrogen) atoms. The van der Waals surface area contributed by atoms with Crippen molar-refractivity contribution in [3.05, 3.63) is 0 Å².